The average Bonchev–Trinajstić information content (AvgIpc) is 4.16. The van der Waals surface area contributed by atoms with Gasteiger partial charge in [0, 0.05) is 0 Å². The Balaban J connectivity index is 1.24. The van der Waals surface area contributed by atoms with Gasteiger partial charge in [-0.1, -0.05) is 218 Å². The normalized spacial score (nSPS) is 16.0. The van der Waals surface area contributed by atoms with Crippen LogP contribution in [-0.4, -0.2) is 0 Å². The molecule has 0 amide bonds. The lowest BCUT2D eigenvalue weighted by Gasteiger charge is -2.39. The van der Waals surface area contributed by atoms with E-state index >= 15 is 0 Å². The summed E-state index contributed by atoms with van der Waals surface area (Å²) < 4.78 is 0. The van der Waals surface area contributed by atoms with Crippen molar-refractivity contribution in [1.82, 2.24) is 0 Å². The monoisotopic (exact) mass is 792 g/mol. The van der Waals surface area contributed by atoms with Gasteiger partial charge in [0.05, 0.1) is 16.2 Å². The van der Waals surface area contributed by atoms with E-state index in [2.05, 4.69) is 218 Å². The van der Waals surface area contributed by atoms with Gasteiger partial charge in [0.15, 0.2) is 0 Å². The molecule has 0 nitrogen and oxygen atoms in total. The Labute approximate surface area is 366 Å². The Hall–Kier alpha value is -7.80. The molecule has 0 saturated carbocycles. The molecule has 0 aliphatic heterocycles. The van der Waals surface area contributed by atoms with Crippen LogP contribution in [0.25, 0.3) is 66.8 Å². The van der Waals surface area contributed by atoms with Crippen LogP contribution >= 0.6 is 0 Å². The summed E-state index contributed by atoms with van der Waals surface area (Å²) in [6, 6.07) is 84.5. The van der Waals surface area contributed by atoms with Gasteiger partial charge in [-0.2, -0.15) is 0 Å². The van der Waals surface area contributed by atoms with Gasteiger partial charge in [0.25, 0.3) is 0 Å². The third kappa shape index (κ3) is 3.31. The number of benzene rings is 10. The topological polar surface area (TPSA) is 0 Å². The molecule has 16 rings (SSSR count). The molecule has 0 atom stereocenters. The summed E-state index contributed by atoms with van der Waals surface area (Å²) in [4.78, 5) is 0. The van der Waals surface area contributed by atoms with E-state index in [0.717, 1.165) is 0 Å². The van der Waals surface area contributed by atoms with E-state index in [1.54, 1.807) is 0 Å². The molecule has 0 radical (unpaired) electrons. The van der Waals surface area contributed by atoms with Crippen molar-refractivity contribution >= 4 is 0 Å². The first-order valence-electron chi connectivity index (χ1n) is 22.4. The summed E-state index contributed by atoms with van der Waals surface area (Å²) in [6.07, 6.45) is 0. The lowest BCUT2D eigenvalue weighted by atomic mass is 9.61. The van der Waals surface area contributed by atoms with E-state index in [1.807, 2.05) is 0 Å². The zero-order chi connectivity index (χ0) is 40.8. The van der Waals surface area contributed by atoms with Crippen LogP contribution in [0, 0.1) is 0 Å². The van der Waals surface area contributed by atoms with Crippen LogP contribution in [0.4, 0.5) is 0 Å². The molecular formula is C63H36. The van der Waals surface area contributed by atoms with Gasteiger partial charge in [-0.05, 0) is 134 Å². The van der Waals surface area contributed by atoms with Crippen molar-refractivity contribution in [2.75, 3.05) is 0 Å². The minimum atomic E-state index is -0.590. The molecule has 0 unspecified atom stereocenters. The van der Waals surface area contributed by atoms with E-state index in [9.17, 15) is 0 Å². The molecule has 0 heterocycles. The van der Waals surface area contributed by atoms with Gasteiger partial charge in [0.1, 0.15) is 0 Å². The van der Waals surface area contributed by atoms with E-state index in [4.69, 9.17) is 0 Å². The predicted molar refractivity (Wildman–Crippen MR) is 255 cm³/mol. The highest BCUT2D eigenvalue weighted by Crippen LogP contribution is 2.76. The molecule has 0 aromatic heterocycles. The van der Waals surface area contributed by atoms with Crippen molar-refractivity contribution in [3.8, 4) is 66.8 Å². The molecule has 0 bridgehead atoms. The largest absolute Gasteiger partial charge is 0.0731 e. The highest BCUT2D eigenvalue weighted by Gasteiger charge is 2.64. The van der Waals surface area contributed by atoms with Crippen LogP contribution in [-0.2, 0) is 16.2 Å². The average molecular weight is 793 g/mol. The molecule has 6 aliphatic rings. The van der Waals surface area contributed by atoms with Gasteiger partial charge >= 0.3 is 0 Å². The summed E-state index contributed by atoms with van der Waals surface area (Å²) in [5.41, 5.74) is 31.2. The molecular weight excluding hydrogens is 757 g/mol. The van der Waals surface area contributed by atoms with Gasteiger partial charge < -0.3 is 0 Å². The smallest absolute Gasteiger partial charge is 0.0619 e. The van der Waals surface area contributed by atoms with Crippen molar-refractivity contribution in [3.63, 3.8) is 0 Å². The fourth-order valence-corrected chi connectivity index (χ4v) is 14.6. The van der Waals surface area contributed by atoms with Crippen LogP contribution in [0.5, 0.6) is 0 Å². The maximum absolute atomic E-state index is 2.48. The van der Waals surface area contributed by atoms with Crippen LogP contribution < -0.4 is 0 Å². The maximum atomic E-state index is 2.48. The van der Waals surface area contributed by atoms with E-state index in [0.29, 0.717) is 0 Å². The molecule has 0 N–H and O–H groups in total. The minimum absolute atomic E-state index is 0.551. The Morgan fingerprint density at radius 1 is 0.159 bits per heavy atom. The molecule has 3 spiro atoms. The van der Waals surface area contributed by atoms with Crippen molar-refractivity contribution in [2.24, 2.45) is 0 Å². The third-order valence-electron chi connectivity index (χ3n) is 16.3. The second-order valence-corrected chi connectivity index (χ2v) is 18.4. The molecule has 10 aromatic rings. The second kappa shape index (κ2) is 11.0. The maximum Gasteiger partial charge on any atom is 0.0731 e. The fraction of sp³-hybridized carbons (Fsp3) is 0.0476. The summed E-state index contributed by atoms with van der Waals surface area (Å²) in [5, 5.41) is 0. The van der Waals surface area contributed by atoms with Crippen LogP contribution in [0.15, 0.2) is 218 Å². The zero-order valence-electron chi connectivity index (χ0n) is 34.3. The predicted octanol–water partition coefficient (Wildman–Crippen LogP) is 14.7. The summed E-state index contributed by atoms with van der Waals surface area (Å²) in [7, 11) is 0. The Morgan fingerprint density at radius 3 is 0.619 bits per heavy atom. The standard InChI is InChI=1S/C63H36/c1-10-28-46-37(19-1)38-20-2-11-29-47(38)61(46)52-34-16-7-25-43(52)55-56-44-26-8-17-35-53(44)62(48-30-12-3-21-39(48)40-22-4-13-31-49(40)62)59(56)60-57(58(55)61)45-27-9-18-36-54(45)63(60)50-32-14-5-23-41(50)42-24-6-15-33-51(42)63/h1-36H. The van der Waals surface area contributed by atoms with Crippen LogP contribution in [0.2, 0.25) is 0 Å². The van der Waals surface area contributed by atoms with Gasteiger partial charge in [-0.15, -0.1) is 0 Å². The van der Waals surface area contributed by atoms with E-state index in [1.165, 1.54) is 134 Å². The Morgan fingerprint density at radius 2 is 0.333 bits per heavy atom. The molecule has 288 valence electrons. The Bertz CT molecular complexity index is 3630. The van der Waals surface area contributed by atoms with E-state index in [-0.39, 0.29) is 0 Å². The van der Waals surface area contributed by atoms with Crippen molar-refractivity contribution in [3.05, 3.63) is 285 Å². The lowest BCUT2D eigenvalue weighted by molar-refractivity contribution is 0.723. The van der Waals surface area contributed by atoms with Gasteiger partial charge in [-0.3, -0.25) is 0 Å². The number of hydrogen-bond donors (Lipinski definition) is 0. The van der Waals surface area contributed by atoms with Crippen LogP contribution in [0.3, 0.4) is 0 Å². The summed E-state index contributed by atoms with van der Waals surface area (Å²) in [5.74, 6) is 0. The first kappa shape index (κ1) is 32.9. The lowest BCUT2D eigenvalue weighted by Crippen LogP contribution is -2.34. The molecule has 6 aliphatic carbocycles. The van der Waals surface area contributed by atoms with Crippen molar-refractivity contribution < 1.29 is 0 Å². The van der Waals surface area contributed by atoms with Crippen LogP contribution in [0.1, 0.15) is 66.8 Å². The first-order chi connectivity index (χ1) is 31.3. The number of hydrogen-bond acceptors (Lipinski definition) is 0. The van der Waals surface area contributed by atoms with Gasteiger partial charge in [0.2, 0.25) is 0 Å². The highest BCUT2D eigenvalue weighted by molar-refractivity contribution is 6.13. The van der Waals surface area contributed by atoms with Crippen molar-refractivity contribution in [1.29, 1.82) is 0 Å². The molecule has 10 aromatic carbocycles. The minimum Gasteiger partial charge on any atom is -0.0619 e. The quantitative estimate of drug-likeness (QED) is 0.143. The fourth-order valence-electron chi connectivity index (χ4n) is 14.6. The molecule has 0 saturated heterocycles. The zero-order valence-corrected chi connectivity index (χ0v) is 34.3. The number of fused-ring (bicyclic) bond motifs is 33. The molecule has 63 heavy (non-hydrogen) atoms. The molecule has 0 fully saturated rings. The SMILES string of the molecule is c1ccc2c(c1)-c1ccccc1C21c2ccccc2-c2c3c(c4c(c21)-c1ccccc1C41c2ccccc2-c2ccccc21)C1(c2ccccc2-c2ccccc21)c1ccccc1-3. The Kier molecular flexibility index (Phi) is 5.73. The van der Waals surface area contributed by atoms with Crippen molar-refractivity contribution in [2.45, 2.75) is 16.2 Å². The third-order valence-corrected chi connectivity index (χ3v) is 16.3. The second-order valence-electron chi connectivity index (χ2n) is 18.4. The number of rotatable bonds is 0. The summed E-state index contributed by atoms with van der Waals surface area (Å²) >= 11 is 0. The first-order valence-corrected chi connectivity index (χ1v) is 22.4. The highest BCUT2D eigenvalue weighted by atomic mass is 14.6. The summed E-state index contributed by atoms with van der Waals surface area (Å²) in [6.45, 7) is 0. The molecule has 0 heteroatoms. The van der Waals surface area contributed by atoms with E-state index < -0.39 is 16.2 Å². The van der Waals surface area contributed by atoms with Gasteiger partial charge in [-0.25, -0.2) is 0 Å².